The topological polar surface area (TPSA) is 70.8 Å². The second-order valence-corrected chi connectivity index (χ2v) is 8.24. The molecule has 1 aliphatic rings. The molecule has 6 nitrogen and oxygen atoms in total. The normalized spacial score (nSPS) is 14.6. The van der Waals surface area contributed by atoms with Crippen molar-refractivity contribution in [1.82, 2.24) is 9.97 Å². The van der Waals surface area contributed by atoms with Gasteiger partial charge in [0.15, 0.2) is 17.4 Å². The highest BCUT2D eigenvalue weighted by Gasteiger charge is 2.23. The Morgan fingerprint density at radius 1 is 1.06 bits per heavy atom. The summed E-state index contributed by atoms with van der Waals surface area (Å²) in [5.74, 6) is -2.11. The molecule has 0 amide bonds. The monoisotopic (exact) mass is 470 g/mol. The van der Waals surface area contributed by atoms with Crippen molar-refractivity contribution in [2.24, 2.45) is 11.1 Å². The summed E-state index contributed by atoms with van der Waals surface area (Å²) in [5, 5.41) is 11.4. The van der Waals surface area contributed by atoms with Gasteiger partial charge in [-0.2, -0.15) is 0 Å². The number of aromatic nitrogens is 2. The molecule has 1 saturated heterocycles. The van der Waals surface area contributed by atoms with Gasteiger partial charge in [0, 0.05) is 31.0 Å². The first-order valence-corrected chi connectivity index (χ1v) is 11.1. The van der Waals surface area contributed by atoms with Crippen molar-refractivity contribution in [2.45, 2.75) is 26.2 Å². The Morgan fingerprint density at radius 3 is 2.32 bits per heavy atom. The average Bonchev–Trinajstić information content (AvgIpc) is 2.84. The molecule has 2 heterocycles. The zero-order valence-corrected chi connectivity index (χ0v) is 18.7. The maximum Gasteiger partial charge on any atom is 0.225 e. The SMILES string of the molecule is CCc1cnc(N2CCC(COc3c(F)cc(-c4ccc(/C=N/O)cc4F)cc3F)CC2)nc1. The third kappa shape index (κ3) is 5.30. The number of hydrogen-bond donors (Lipinski definition) is 1. The molecular weight excluding hydrogens is 445 g/mol. The predicted octanol–water partition coefficient (Wildman–Crippen LogP) is 5.23. The Balaban J connectivity index is 1.37. The van der Waals surface area contributed by atoms with Gasteiger partial charge in [-0.1, -0.05) is 24.2 Å². The van der Waals surface area contributed by atoms with E-state index < -0.39 is 23.2 Å². The lowest BCUT2D eigenvalue weighted by Crippen LogP contribution is -2.36. The molecule has 0 saturated carbocycles. The summed E-state index contributed by atoms with van der Waals surface area (Å²) in [6.45, 7) is 3.70. The largest absolute Gasteiger partial charge is 0.487 e. The van der Waals surface area contributed by atoms with Crippen LogP contribution in [0, 0.1) is 23.4 Å². The predicted molar refractivity (Wildman–Crippen MR) is 123 cm³/mol. The number of halogens is 3. The van der Waals surface area contributed by atoms with Crippen molar-refractivity contribution >= 4 is 12.2 Å². The van der Waals surface area contributed by atoms with Crippen molar-refractivity contribution in [3.05, 3.63) is 71.3 Å². The third-order valence-electron chi connectivity index (χ3n) is 5.97. The van der Waals surface area contributed by atoms with Crippen LogP contribution in [0.1, 0.15) is 30.9 Å². The Morgan fingerprint density at radius 2 is 1.74 bits per heavy atom. The zero-order chi connectivity index (χ0) is 24.1. The molecule has 0 aliphatic carbocycles. The molecule has 0 unspecified atom stereocenters. The minimum Gasteiger partial charge on any atom is -0.487 e. The summed E-state index contributed by atoms with van der Waals surface area (Å²) >= 11 is 0. The van der Waals surface area contributed by atoms with Crippen molar-refractivity contribution in [3.63, 3.8) is 0 Å². The molecule has 1 N–H and O–H groups in total. The molecule has 1 fully saturated rings. The maximum absolute atomic E-state index is 14.7. The van der Waals surface area contributed by atoms with Gasteiger partial charge in [0.25, 0.3) is 0 Å². The minimum atomic E-state index is -0.891. The molecule has 3 aromatic rings. The van der Waals surface area contributed by atoms with E-state index in [2.05, 4.69) is 20.0 Å². The lowest BCUT2D eigenvalue weighted by Gasteiger charge is -2.31. The molecule has 1 aromatic heterocycles. The van der Waals surface area contributed by atoms with Crippen LogP contribution in [0.15, 0.2) is 47.9 Å². The van der Waals surface area contributed by atoms with Crippen LogP contribution >= 0.6 is 0 Å². The van der Waals surface area contributed by atoms with Crippen LogP contribution in [0.25, 0.3) is 11.1 Å². The lowest BCUT2D eigenvalue weighted by atomic mass is 9.98. The number of aryl methyl sites for hydroxylation is 1. The van der Waals surface area contributed by atoms with Crippen molar-refractivity contribution in [1.29, 1.82) is 0 Å². The first kappa shape index (κ1) is 23.5. The van der Waals surface area contributed by atoms with Crippen LogP contribution in [0.4, 0.5) is 19.1 Å². The third-order valence-corrected chi connectivity index (χ3v) is 5.97. The van der Waals surface area contributed by atoms with Crippen molar-refractivity contribution in [2.75, 3.05) is 24.6 Å². The van der Waals surface area contributed by atoms with Crippen molar-refractivity contribution in [3.8, 4) is 16.9 Å². The van der Waals surface area contributed by atoms with E-state index in [-0.39, 0.29) is 23.7 Å². The van der Waals surface area contributed by atoms with Gasteiger partial charge in [-0.25, -0.2) is 23.1 Å². The quantitative estimate of drug-likeness (QED) is 0.291. The summed E-state index contributed by atoms with van der Waals surface area (Å²) in [6.07, 6.45) is 7.18. The minimum absolute atomic E-state index is 0.0287. The number of piperidine rings is 1. The Hall–Kier alpha value is -3.62. The lowest BCUT2D eigenvalue weighted by molar-refractivity contribution is 0.207. The first-order chi connectivity index (χ1) is 16.5. The number of nitrogens with zero attached hydrogens (tertiary/aromatic N) is 4. The van der Waals surface area contributed by atoms with Gasteiger partial charge < -0.3 is 14.8 Å². The highest BCUT2D eigenvalue weighted by Crippen LogP contribution is 2.31. The van der Waals surface area contributed by atoms with Crippen LogP contribution < -0.4 is 9.64 Å². The van der Waals surface area contributed by atoms with E-state index in [4.69, 9.17) is 9.94 Å². The molecule has 178 valence electrons. The van der Waals surface area contributed by atoms with Gasteiger partial charge in [0.2, 0.25) is 5.95 Å². The second kappa shape index (κ2) is 10.5. The van der Waals surface area contributed by atoms with Crippen LogP contribution in [-0.2, 0) is 6.42 Å². The zero-order valence-electron chi connectivity index (χ0n) is 18.7. The van der Waals surface area contributed by atoms with Gasteiger partial charge in [-0.15, -0.1) is 0 Å². The molecule has 34 heavy (non-hydrogen) atoms. The highest BCUT2D eigenvalue weighted by atomic mass is 19.1. The first-order valence-electron chi connectivity index (χ1n) is 11.1. The van der Waals surface area contributed by atoms with E-state index in [1.165, 1.54) is 12.1 Å². The standard InChI is InChI=1S/C25H25F3N4O2/c1-2-16-12-29-25(30-13-16)32-7-5-17(6-8-32)15-34-24-22(27)10-19(11-23(24)28)20-4-3-18(14-31-33)9-21(20)26/h3-4,9-14,17,33H,2,5-8,15H2,1H3/b31-14+. The van der Waals surface area contributed by atoms with Gasteiger partial charge >= 0.3 is 0 Å². The molecular formula is C25H25F3N4O2. The fraction of sp³-hybridized carbons (Fsp3) is 0.320. The number of benzene rings is 2. The molecule has 0 bridgehead atoms. The summed E-state index contributed by atoms with van der Waals surface area (Å²) in [4.78, 5) is 10.9. The molecule has 4 rings (SSSR count). The Labute approximate surface area is 195 Å². The number of hydrogen-bond acceptors (Lipinski definition) is 6. The van der Waals surface area contributed by atoms with Crippen LogP contribution in [-0.4, -0.2) is 41.1 Å². The smallest absolute Gasteiger partial charge is 0.225 e. The van der Waals surface area contributed by atoms with Gasteiger partial charge in [-0.3, -0.25) is 0 Å². The van der Waals surface area contributed by atoms with E-state index in [1.54, 1.807) is 0 Å². The van der Waals surface area contributed by atoms with Gasteiger partial charge in [0.05, 0.1) is 12.8 Å². The van der Waals surface area contributed by atoms with E-state index in [0.29, 0.717) is 11.5 Å². The number of anilines is 1. The summed E-state index contributed by atoms with van der Waals surface area (Å²) in [5.41, 5.74) is 1.48. The number of ether oxygens (including phenoxy) is 1. The van der Waals surface area contributed by atoms with Crippen molar-refractivity contribution < 1.29 is 23.1 Å². The Bertz CT molecular complexity index is 1140. The fourth-order valence-electron chi connectivity index (χ4n) is 3.96. The molecule has 0 spiro atoms. The summed E-state index contributed by atoms with van der Waals surface area (Å²) < 4.78 is 49.2. The molecule has 1 aliphatic heterocycles. The summed E-state index contributed by atoms with van der Waals surface area (Å²) in [7, 11) is 0. The van der Waals surface area contributed by atoms with Crippen LogP contribution in [0.5, 0.6) is 5.75 Å². The van der Waals surface area contributed by atoms with E-state index in [1.807, 2.05) is 19.3 Å². The molecule has 0 radical (unpaired) electrons. The maximum atomic E-state index is 14.7. The van der Waals surface area contributed by atoms with E-state index in [9.17, 15) is 13.2 Å². The van der Waals surface area contributed by atoms with Gasteiger partial charge in [-0.05, 0) is 60.1 Å². The molecule has 2 aromatic carbocycles. The highest BCUT2D eigenvalue weighted by molar-refractivity contribution is 5.80. The van der Waals surface area contributed by atoms with Crippen LogP contribution in [0.2, 0.25) is 0 Å². The number of rotatable bonds is 7. The fourth-order valence-corrected chi connectivity index (χ4v) is 3.96. The van der Waals surface area contributed by atoms with Crippen LogP contribution in [0.3, 0.4) is 0 Å². The molecule has 0 atom stereocenters. The second-order valence-electron chi connectivity index (χ2n) is 8.24. The Kier molecular flexibility index (Phi) is 7.30. The molecule has 9 heteroatoms. The van der Waals surface area contributed by atoms with Gasteiger partial charge in [0.1, 0.15) is 5.82 Å². The summed E-state index contributed by atoms with van der Waals surface area (Å²) in [6, 6.07) is 6.07. The average molecular weight is 470 g/mol. The van der Waals surface area contributed by atoms with E-state index >= 15 is 0 Å². The van der Waals surface area contributed by atoms with E-state index in [0.717, 1.165) is 62.3 Å². The number of oxime groups is 1.